The van der Waals surface area contributed by atoms with Crippen LogP contribution in [0.5, 0.6) is 5.75 Å². The van der Waals surface area contributed by atoms with Crippen LogP contribution < -0.4 is 9.64 Å². The molecular formula is C20H19F2N3O4S2. The smallest absolute Gasteiger partial charge is 0.238 e. The molecule has 0 bridgehead atoms. The Bertz CT molecular complexity index is 1220. The number of benzene rings is 2. The zero-order chi connectivity index (χ0) is 22.2. The summed E-state index contributed by atoms with van der Waals surface area (Å²) in [5.41, 5.74) is 0.116. The van der Waals surface area contributed by atoms with Gasteiger partial charge >= 0.3 is 0 Å². The summed E-state index contributed by atoms with van der Waals surface area (Å²) in [6, 6.07) is 7.92. The fraction of sp³-hybridized carbons (Fsp3) is 0.300. The molecule has 3 aromatic rings. The number of carbonyl (C=O) groups excluding carboxylic acids is 1. The van der Waals surface area contributed by atoms with Crippen LogP contribution in [-0.4, -0.2) is 63.3 Å². The molecule has 1 amide bonds. The second-order valence-corrected chi connectivity index (χ2v) is 10.0. The summed E-state index contributed by atoms with van der Waals surface area (Å²) < 4.78 is 57.9. The van der Waals surface area contributed by atoms with E-state index in [1.54, 1.807) is 0 Å². The lowest BCUT2D eigenvalue weighted by Crippen LogP contribution is -2.50. The van der Waals surface area contributed by atoms with E-state index in [0.717, 1.165) is 6.07 Å². The summed E-state index contributed by atoms with van der Waals surface area (Å²) in [7, 11) is -2.29. The van der Waals surface area contributed by atoms with Crippen molar-refractivity contribution in [3.05, 3.63) is 48.0 Å². The number of piperazine rings is 1. The van der Waals surface area contributed by atoms with Gasteiger partial charge in [0.05, 0.1) is 16.7 Å². The van der Waals surface area contributed by atoms with Crippen LogP contribution in [0.15, 0.2) is 41.3 Å². The lowest BCUT2D eigenvalue weighted by molar-refractivity contribution is -0.128. The van der Waals surface area contributed by atoms with Gasteiger partial charge in [0.1, 0.15) is 22.8 Å². The number of ether oxygens (including phenoxy) is 1. The molecule has 2 heterocycles. The maximum Gasteiger partial charge on any atom is 0.238 e. The van der Waals surface area contributed by atoms with Gasteiger partial charge in [0.15, 0.2) is 20.8 Å². The summed E-state index contributed by atoms with van der Waals surface area (Å²) in [5.74, 6) is -1.94. The minimum absolute atomic E-state index is 0.0593. The van der Waals surface area contributed by atoms with Gasteiger partial charge in [-0.3, -0.25) is 4.79 Å². The molecular weight excluding hydrogens is 448 g/mol. The fourth-order valence-corrected chi connectivity index (χ4v) is 5.63. The van der Waals surface area contributed by atoms with Crippen molar-refractivity contribution in [1.82, 2.24) is 9.88 Å². The molecule has 11 heteroatoms. The van der Waals surface area contributed by atoms with Crippen molar-refractivity contribution in [2.45, 2.75) is 4.90 Å². The highest BCUT2D eigenvalue weighted by Gasteiger charge is 2.27. The Hall–Kier alpha value is -2.79. The van der Waals surface area contributed by atoms with E-state index in [0.29, 0.717) is 41.8 Å². The number of nitrogens with zero attached hydrogens (tertiary/aromatic N) is 3. The summed E-state index contributed by atoms with van der Waals surface area (Å²) in [5, 5.41) is 0.539. The maximum atomic E-state index is 13.9. The van der Waals surface area contributed by atoms with Gasteiger partial charge in [0.25, 0.3) is 0 Å². The molecule has 0 saturated carbocycles. The lowest BCUT2D eigenvalue weighted by Gasteiger charge is -2.34. The number of rotatable bonds is 5. The number of methoxy groups -OCH3 is 1. The van der Waals surface area contributed by atoms with Gasteiger partial charge in [0, 0.05) is 32.2 Å². The summed E-state index contributed by atoms with van der Waals surface area (Å²) >= 11 is 1.18. The highest BCUT2D eigenvalue weighted by atomic mass is 32.2. The molecule has 2 aromatic carbocycles. The van der Waals surface area contributed by atoms with Gasteiger partial charge in [-0.1, -0.05) is 11.3 Å². The van der Waals surface area contributed by atoms with Gasteiger partial charge < -0.3 is 14.5 Å². The summed E-state index contributed by atoms with van der Waals surface area (Å²) in [6.07, 6.45) is 0. The fourth-order valence-electron chi connectivity index (χ4n) is 3.35. The zero-order valence-corrected chi connectivity index (χ0v) is 18.2. The number of halogens is 2. The zero-order valence-electron chi connectivity index (χ0n) is 16.5. The van der Waals surface area contributed by atoms with Gasteiger partial charge in [-0.15, -0.1) is 0 Å². The molecule has 0 N–H and O–H groups in total. The number of hydrogen-bond acceptors (Lipinski definition) is 7. The number of anilines is 1. The van der Waals surface area contributed by atoms with Gasteiger partial charge in [0.2, 0.25) is 5.91 Å². The Morgan fingerprint density at radius 1 is 1.13 bits per heavy atom. The Morgan fingerprint density at radius 3 is 2.45 bits per heavy atom. The molecule has 1 aromatic heterocycles. The van der Waals surface area contributed by atoms with Crippen LogP contribution in [0.4, 0.5) is 13.9 Å². The first-order chi connectivity index (χ1) is 14.8. The van der Waals surface area contributed by atoms with Crippen molar-refractivity contribution in [3.63, 3.8) is 0 Å². The molecule has 0 atom stereocenters. The first kappa shape index (κ1) is 21.4. The quantitative estimate of drug-likeness (QED) is 0.574. The SMILES string of the molecule is COc1ccc(S(=O)(=O)CC(=O)N2CCN(c3nc4c(F)cc(F)cc4s3)CC2)cc1. The van der Waals surface area contributed by atoms with Gasteiger partial charge in [-0.2, -0.15) is 0 Å². The molecule has 1 aliphatic heterocycles. The van der Waals surface area contributed by atoms with E-state index in [2.05, 4.69) is 4.98 Å². The molecule has 1 aliphatic rings. The minimum atomic E-state index is -3.77. The second kappa shape index (κ2) is 8.39. The van der Waals surface area contributed by atoms with Crippen LogP contribution >= 0.6 is 11.3 Å². The van der Waals surface area contributed by atoms with Crippen LogP contribution in [0.1, 0.15) is 0 Å². The number of carbonyl (C=O) groups is 1. The van der Waals surface area contributed by atoms with E-state index in [4.69, 9.17) is 4.74 Å². The number of hydrogen-bond donors (Lipinski definition) is 0. The van der Waals surface area contributed by atoms with E-state index in [9.17, 15) is 22.0 Å². The number of amides is 1. The second-order valence-electron chi connectivity index (χ2n) is 7.03. The predicted molar refractivity (Wildman–Crippen MR) is 113 cm³/mol. The van der Waals surface area contributed by atoms with Crippen LogP contribution in [0.25, 0.3) is 10.2 Å². The van der Waals surface area contributed by atoms with Crippen molar-refractivity contribution in [1.29, 1.82) is 0 Å². The first-order valence-corrected chi connectivity index (χ1v) is 11.9. The van der Waals surface area contributed by atoms with E-state index < -0.39 is 33.1 Å². The highest BCUT2D eigenvalue weighted by molar-refractivity contribution is 7.92. The molecule has 0 unspecified atom stereocenters. The standard InChI is InChI=1S/C20H19F2N3O4S2/c1-29-14-2-4-15(5-3-14)31(27,28)12-18(26)24-6-8-25(9-7-24)20-23-19-16(22)10-13(21)11-17(19)30-20/h2-5,10-11H,6-9,12H2,1H3. The first-order valence-electron chi connectivity index (χ1n) is 9.42. The molecule has 4 rings (SSSR count). The van der Waals surface area contributed by atoms with Crippen LogP contribution in [0.2, 0.25) is 0 Å². The largest absolute Gasteiger partial charge is 0.497 e. The third kappa shape index (κ3) is 4.47. The average Bonchev–Trinajstić information content (AvgIpc) is 3.18. The van der Waals surface area contributed by atoms with Crippen molar-refractivity contribution >= 4 is 42.4 Å². The molecule has 0 spiro atoms. The molecule has 1 fully saturated rings. The third-order valence-electron chi connectivity index (χ3n) is 5.04. The number of sulfone groups is 1. The van der Waals surface area contributed by atoms with E-state index in [1.165, 1.54) is 53.7 Å². The van der Waals surface area contributed by atoms with Crippen LogP contribution in [0.3, 0.4) is 0 Å². The van der Waals surface area contributed by atoms with Crippen LogP contribution in [0, 0.1) is 11.6 Å². The van der Waals surface area contributed by atoms with Crippen molar-refractivity contribution < 1.29 is 26.7 Å². The molecule has 1 saturated heterocycles. The maximum absolute atomic E-state index is 13.9. The summed E-state index contributed by atoms with van der Waals surface area (Å²) in [6.45, 7) is 1.45. The van der Waals surface area contributed by atoms with Crippen molar-refractivity contribution in [2.24, 2.45) is 0 Å². The average molecular weight is 468 g/mol. The van der Waals surface area contributed by atoms with E-state index in [1.807, 2.05) is 4.90 Å². The molecule has 0 aliphatic carbocycles. The minimum Gasteiger partial charge on any atom is -0.497 e. The Morgan fingerprint density at radius 2 is 1.81 bits per heavy atom. The summed E-state index contributed by atoms with van der Waals surface area (Å²) in [4.78, 5) is 20.3. The van der Waals surface area contributed by atoms with Gasteiger partial charge in [-0.05, 0) is 30.3 Å². The molecule has 164 valence electrons. The topological polar surface area (TPSA) is 79.8 Å². The van der Waals surface area contributed by atoms with E-state index in [-0.39, 0.29) is 10.4 Å². The predicted octanol–water partition coefficient (Wildman–Crippen LogP) is 2.71. The van der Waals surface area contributed by atoms with Crippen molar-refractivity contribution in [3.8, 4) is 5.75 Å². The highest BCUT2D eigenvalue weighted by Crippen LogP contribution is 2.31. The number of aromatic nitrogens is 1. The number of fused-ring (bicyclic) bond motifs is 1. The van der Waals surface area contributed by atoms with Crippen molar-refractivity contribution in [2.75, 3.05) is 43.9 Å². The normalized spacial score (nSPS) is 14.8. The Kier molecular flexibility index (Phi) is 5.80. The number of thiazole rings is 1. The Balaban J connectivity index is 1.40. The van der Waals surface area contributed by atoms with Gasteiger partial charge in [-0.25, -0.2) is 22.2 Å². The molecule has 0 radical (unpaired) electrons. The third-order valence-corrected chi connectivity index (χ3v) is 7.72. The molecule has 31 heavy (non-hydrogen) atoms. The monoisotopic (exact) mass is 467 g/mol. The van der Waals surface area contributed by atoms with E-state index >= 15 is 0 Å². The Labute approximate surface area is 181 Å². The molecule has 7 nitrogen and oxygen atoms in total. The lowest BCUT2D eigenvalue weighted by atomic mass is 10.3. The van der Waals surface area contributed by atoms with Crippen LogP contribution in [-0.2, 0) is 14.6 Å².